The Bertz CT molecular complexity index is 1210. The maximum Gasteiger partial charge on any atom is 0.256 e. The number of aromatic nitrogens is 3. The molecule has 0 aliphatic carbocycles. The smallest absolute Gasteiger partial charge is 0.256 e. The molecule has 4 N–H and O–H groups in total. The maximum atomic E-state index is 12.8. The van der Waals surface area contributed by atoms with Crippen molar-refractivity contribution >= 4 is 29.0 Å². The summed E-state index contributed by atoms with van der Waals surface area (Å²) in [6, 6.07) is 10.1. The van der Waals surface area contributed by atoms with Crippen molar-refractivity contribution in [1.82, 2.24) is 30.5 Å². The van der Waals surface area contributed by atoms with Gasteiger partial charge < -0.3 is 21.3 Å². The quantitative estimate of drug-likeness (QED) is 0.304. The molecule has 9 heteroatoms. The Morgan fingerprint density at radius 3 is 2.75 bits per heavy atom. The van der Waals surface area contributed by atoms with Crippen LogP contribution >= 0.6 is 0 Å². The second kappa shape index (κ2) is 12.2. The first kappa shape index (κ1) is 25.3. The minimum Gasteiger partial charge on any atom is -0.348 e. The fourth-order valence-corrected chi connectivity index (χ4v) is 4.11. The van der Waals surface area contributed by atoms with Gasteiger partial charge in [0, 0.05) is 43.4 Å². The fourth-order valence-electron chi connectivity index (χ4n) is 4.11. The first-order valence-corrected chi connectivity index (χ1v) is 12.4. The Hall–Kier alpha value is -3.82. The summed E-state index contributed by atoms with van der Waals surface area (Å²) < 4.78 is 0. The minimum absolute atomic E-state index is 0.277. The number of carbonyl (C=O) groups excluding carboxylic acids is 1. The molecule has 0 atom stereocenters. The van der Waals surface area contributed by atoms with Gasteiger partial charge in [0.05, 0.1) is 5.69 Å². The van der Waals surface area contributed by atoms with E-state index < -0.39 is 0 Å². The average Bonchev–Trinajstić information content (AvgIpc) is 2.90. The van der Waals surface area contributed by atoms with Gasteiger partial charge in [0.2, 0.25) is 5.95 Å². The second-order valence-corrected chi connectivity index (χ2v) is 8.61. The monoisotopic (exact) mass is 486 g/mol. The van der Waals surface area contributed by atoms with E-state index in [9.17, 15) is 4.79 Å². The summed E-state index contributed by atoms with van der Waals surface area (Å²) in [4.78, 5) is 28.7. The summed E-state index contributed by atoms with van der Waals surface area (Å²) in [6.07, 6.45) is 5.96. The van der Waals surface area contributed by atoms with Crippen LogP contribution in [0.1, 0.15) is 41.0 Å². The van der Waals surface area contributed by atoms with Gasteiger partial charge in [-0.3, -0.25) is 14.7 Å². The molecule has 1 aromatic carbocycles. The molecule has 0 unspecified atom stereocenters. The number of anilines is 4. The zero-order valence-corrected chi connectivity index (χ0v) is 21.0. The average molecular weight is 487 g/mol. The number of amides is 1. The number of fused-ring (bicyclic) bond motifs is 1. The van der Waals surface area contributed by atoms with Crippen LogP contribution in [0.2, 0.25) is 0 Å². The summed E-state index contributed by atoms with van der Waals surface area (Å²) in [5, 5.41) is 12.8. The summed E-state index contributed by atoms with van der Waals surface area (Å²) in [5.41, 5.74) is 5.61. The van der Waals surface area contributed by atoms with Gasteiger partial charge >= 0.3 is 0 Å². The van der Waals surface area contributed by atoms with Crippen molar-refractivity contribution < 1.29 is 4.79 Å². The lowest BCUT2D eigenvalue weighted by Gasteiger charge is -2.19. The number of hydrogen-bond acceptors (Lipinski definition) is 8. The Morgan fingerprint density at radius 1 is 1.11 bits per heavy atom. The summed E-state index contributed by atoms with van der Waals surface area (Å²) in [6.45, 7) is 12.8. The molecule has 2 aromatic heterocycles. The second-order valence-electron chi connectivity index (χ2n) is 8.61. The zero-order valence-electron chi connectivity index (χ0n) is 21.0. The van der Waals surface area contributed by atoms with Crippen LogP contribution in [0.25, 0.3) is 0 Å². The van der Waals surface area contributed by atoms with Crippen LogP contribution in [-0.2, 0) is 19.5 Å². The molecule has 36 heavy (non-hydrogen) atoms. The van der Waals surface area contributed by atoms with Crippen LogP contribution in [0.4, 0.5) is 23.1 Å². The molecule has 3 heterocycles. The maximum absolute atomic E-state index is 12.8. The van der Waals surface area contributed by atoms with Crippen molar-refractivity contribution in [2.75, 3.05) is 36.8 Å². The van der Waals surface area contributed by atoms with Crippen molar-refractivity contribution in [2.24, 2.45) is 0 Å². The molecule has 0 bridgehead atoms. The predicted molar refractivity (Wildman–Crippen MR) is 144 cm³/mol. The van der Waals surface area contributed by atoms with Crippen LogP contribution in [-0.4, -0.2) is 51.9 Å². The highest BCUT2D eigenvalue weighted by atomic mass is 16.1. The Labute approximate surface area is 212 Å². The molecule has 0 saturated heterocycles. The molecular formula is C27H34N8O. The van der Waals surface area contributed by atoms with Gasteiger partial charge in [-0.15, -0.1) is 6.58 Å². The first-order valence-electron chi connectivity index (χ1n) is 12.4. The van der Waals surface area contributed by atoms with E-state index in [0.717, 1.165) is 56.2 Å². The largest absolute Gasteiger partial charge is 0.348 e. The third-order valence-electron chi connectivity index (χ3n) is 6.15. The van der Waals surface area contributed by atoms with E-state index in [-0.39, 0.29) is 5.91 Å². The number of carbonyl (C=O) groups is 1. The summed E-state index contributed by atoms with van der Waals surface area (Å²) in [5.74, 6) is 0.536. The van der Waals surface area contributed by atoms with Gasteiger partial charge in [-0.2, -0.15) is 4.98 Å². The van der Waals surface area contributed by atoms with Crippen LogP contribution in [0.5, 0.6) is 0 Å². The number of benzene rings is 1. The van der Waals surface area contributed by atoms with E-state index in [4.69, 9.17) is 0 Å². The van der Waals surface area contributed by atoms with Crippen molar-refractivity contribution in [1.29, 1.82) is 0 Å². The number of nitrogens with one attached hydrogen (secondary N) is 4. The summed E-state index contributed by atoms with van der Waals surface area (Å²) in [7, 11) is 0. The van der Waals surface area contributed by atoms with Gasteiger partial charge in [-0.25, -0.2) is 4.98 Å². The normalized spacial score (nSPS) is 12.6. The highest BCUT2D eigenvalue weighted by Gasteiger charge is 2.16. The lowest BCUT2D eigenvalue weighted by Crippen LogP contribution is -2.25. The topological polar surface area (TPSA) is 107 Å². The Kier molecular flexibility index (Phi) is 8.59. The van der Waals surface area contributed by atoms with E-state index in [1.165, 1.54) is 17.3 Å². The first-order chi connectivity index (χ1) is 17.6. The molecule has 4 rings (SSSR count). The zero-order chi connectivity index (χ0) is 25.3. The van der Waals surface area contributed by atoms with E-state index >= 15 is 0 Å². The SMILES string of the molecule is C=CCNC(=O)c1cnc(Nc2ccc3c(c2)CNCC3)nc1Nc1ccnc(CN(CC)CC)c1. The third-order valence-corrected chi connectivity index (χ3v) is 6.15. The Morgan fingerprint density at radius 2 is 1.94 bits per heavy atom. The van der Waals surface area contributed by atoms with Crippen molar-refractivity contribution in [2.45, 2.75) is 33.4 Å². The van der Waals surface area contributed by atoms with Crippen molar-refractivity contribution in [3.05, 3.63) is 77.8 Å². The molecule has 1 aliphatic heterocycles. The molecular weight excluding hydrogens is 452 g/mol. The Balaban J connectivity index is 1.60. The van der Waals surface area contributed by atoms with Crippen molar-refractivity contribution in [3.8, 4) is 0 Å². The summed E-state index contributed by atoms with van der Waals surface area (Å²) >= 11 is 0. The highest BCUT2D eigenvalue weighted by molar-refractivity contribution is 5.99. The molecule has 0 saturated carbocycles. The van der Waals surface area contributed by atoms with E-state index in [1.54, 1.807) is 12.3 Å². The third kappa shape index (κ3) is 6.44. The van der Waals surface area contributed by atoms with E-state index in [1.807, 2.05) is 18.2 Å². The number of nitrogens with zero attached hydrogens (tertiary/aromatic N) is 4. The minimum atomic E-state index is -0.277. The molecule has 9 nitrogen and oxygen atoms in total. The molecule has 188 valence electrons. The van der Waals surface area contributed by atoms with Gasteiger partial charge in [0.15, 0.2) is 0 Å². The van der Waals surface area contributed by atoms with Gasteiger partial charge in [-0.1, -0.05) is 26.0 Å². The molecule has 1 amide bonds. The van der Waals surface area contributed by atoms with Crippen LogP contribution < -0.4 is 21.3 Å². The van der Waals surface area contributed by atoms with Crippen LogP contribution in [0.3, 0.4) is 0 Å². The number of hydrogen-bond donors (Lipinski definition) is 4. The van der Waals surface area contributed by atoms with Gasteiger partial charge in [0.1, 0.15) is 11.4 Å². The van der Waals surface area contributed by atoms with E-state index in [0.29, 0.717) is 23.9 Å². The van der Waals surface area contributed by atoms with Gasteiger partial charge in [0.25, 0.3) is 5.91 Å². The van der Waals surface area contributed by atoms with E-state index in [2.05, 4.69) is 73.7 Å². The van der Waals surface area contributed by atoms with Gasteiger partial charge in [-0.05, 0) is 61.4 Å². The highest BCUT2D eigenvalue weighted by Crippen LogP contribution is 2.24. The molecule has 0 fully saturated rings. The predicted octanol–water partition coefficient (Wildman–Crippen LogP) is 3.76. The van der Waals surface area contributed by atoms with Crippen molar-refractivity contribution in [3.63, 3.8) is 0 Å². The standard InChI is InChI=1S/C27H34N8O/c1-4-11-30-26(36)24-17-31-27(33-21-8-7-19-9-12-28-16-20(19)14-21)34-25(24)32-22-10-13-29-23(15-22)18-35(5-2)6-3/h4,7-8,10,13-15,17,28H,1,5-6,9,11-12,16,18H2,2-3H3,(H,30,36)(H2,29,31,32,33,34). The van der Waals surface area contributed by atoms with Crippen LogP contribution in [0.15, 0.2) is 55.4 Å². The molecule has 3 aromatic rings. The lowest BCUT2D eigenvalue weighted by atomic mass is 10.0. The van der Waals surface area contributed by atoms with Crippen LogP contribution in [0, 0.1) is 0 Å². The lowest BCUT2D eigenvalue weighted by molar-refractivity contribution is 0.0958. The number of rotatable bonds is 11. The molecule has 0 radical (unpaired) electrons. The molecule has 0 spiro atoms. The fraction of sp³-hybridized carbons (Fsp3) is 0.333. The number of pyridine rings is 1. The molecule has 1 aliphatic rings.